The quantitative estimate of drug-likeness (QED) is 0.118. The standard InChI is InChI=1S/C57H98N4O13/c1-48(2)22-33(23-49(3,4)32-48)70-43(62)38-21-39(44(63)71-35-26-52(9,10)59(67)53(11,12)27-35)41(46(65)74-37-30-56(17,18)61(69)57(19,20)31-37)42(47(66)72-34-24-50(5,6)58-51(7,8)25-34)40(38)45(64)73-36-28-54(13,14)60(68)55(15,16)29-36/h33-42,58,67-69H,21-32H2,1-20H3. The Morgan fingerprint density at radius 1 is 0.351 bits per heavy atom. The van der Waals surface area contributed by atoms with Gasteiger partial charge in [-0.1, -0.05) is 27.7 Å². The number of piperidine rings is 4. The molecule has 4 aliphatic heterocycles. The van der Waals surface area contributed by atoms with E-state index < -0.39 is 141 Å². The fourth-order valence-electron chi connectivity index (χ4n) is 15.8. The molecule has 0 amide bonds. The highest BCUT2D eigenvalue weighted by atomic mass is 16.6. The molecule has 0 aromatic carbocycles. The molecule has 17 heteroatoms. The minimum atomic E-state index is -1.80. The molecule has 6 fully saturated rings. The lowest BCUT2D eigenvalue weighted by Crippen LogP contribution is -2.62. The van der Waals surface area contributed by atoms with Crippen LogP contribution in [-0.2, 0) is 47.7 Å². The first-order chi connectivity index (χ1) is 33.3. The van der Waals surface area contributed by atoms with Gasteiger partial charge >= 0.3 is 29.8 Å². The van der Waals surface area contributed by atoms with Gasteiger partial charge in [0.1, 0.15) is 30.5 Å². The van der Waals surface area contributed by atoms with E-state index in [1.807, 2.05) is 111 Å². The number of nitrogens with zero attached hydrogens (tertiary/aromatic N) is 3. The second-order valence-electron chi connectivity index (χ2n) is 30.6. The Morgan fingerprint density at radius 3 is 0.865 bits per heavy atom. The van der Waals surface area contributed by atoms with Crippen LogP contribution in [0.2, 0.25) is 0 Å². The number of hydrogen-bond donors (Lipinski definition) is 4. The van der Waals surface area contributed by atoms with Gasteiger partial charge in [0, 0.05) is 95.7 Å². The molecule has 5 unspecified atom stereocenters. The maximum absolute atomic E-state index is 15.8. The van der Waals surface area contributed by atoms with Gasteiger partial charge < -0.3 is 44.6 Å². The van der Waals surface area contributed by atoms with Crippen molar-refractivity contribution in [2.24, 2.45) is 40.4 Å². The monoisotopic (exact) mass is 1050 g/mol. The van der Waals surface area contributed by atoms with Crippen molar-refractivity contribution in [1.82, 2.24) is 20.5 Å². The molecule has 17 nitrogen and oxygen atoms in total. The normalized spacial score (nSPS) is 33.1. The Balaban J connectivity index is 1.53. The molecule has 4 saturated heterocycles. The van der Waals surface area contributed by atoms with E-state index in [1.54, 1.807) is 0 Å². The van der Waals surface area contributed by atoms with Crippen LogP contribution in [0.3, 0.4) is 0 Å². The summed E-state index contributed by atoms with van der Waals surface area (Å²) in [5, 5.41) is 41.2. The average molecular weight is 1050 g/mol. The number of ether oxygens (including phenoxy) is 5. The van der Waals surface area contributed by atoms with Gasteiger partial charge in [-0.3, -0.25) is 24.0 Å². The van der Waals surface area contributed by atoms with E-state index in [4.69, 9.17) is 23.7 Å². The Hall–Kier alpha value is -2.93. The van der Waals surface area contributed by atoms with E-state index in [2.05, 4.69) is 33.0 Å². The molecule has 6 rings (SSSR count). The minimum Gasteiger partial charge on any atom is -0.462 e. The molecule has 0 aromatic heterocycles. The number of hydroxylamine groups is 6. The highest BCUT2D eigenvalue weighted by Gasteiger charge is 2.63. The first kappa shape index (κ1) is 60.3. The van der Waals surface area contributed by atoms with Crippen LogP contribution in [0.25, 0.3) is 0 Å². The zero-order valence-electron chi connectivity index (χ0n) is 49.0. The number of rotatable bonds is 10. The number of hydrogen-bond acceptors (Lipinski definition) is 17. The van der Waals surface area contributed by atoms with Crippen molar-refractivity contribution >= 4 is 29.8 Å². The molecule has 4 N–H and O–H groups in total. The second kappa shape index (κ2) is 20.1. The van der Waals surface area contributed by atoms with Crippen molar-refractivity contribution in [3.63, 3.8) is 0 Å². The van der Waals surface area contributed by atoms with Crippen molar-refractivity contribution in [3.8, 4) is 0 Å². The highest BCUT2D eigenvalue weighted by Crippen LogP contribution is 2.52. The molecule has 0 aromatic rings. The lowest BCUT2D eigenvalue weighted by Gasteiger charge is -2.52. The Bertz CT molecular complexity index is 2040. The summed E-state index contributed by atoms with van der Waals surface area (Å²) >= 11 is 0. The van der Waals surface area contributed by atoms with E-state index in [0.717, 1.165) is 6.42 Å². The topological polar surface area (TPSA) is 214 Å². The molecule has 2 saturated carbocycles. The Labute approximate surface area is 443 Å². The van der Waals surface area contributed by atoms with E-state index in [1.165, 1.54) is 15.2 Å². The lowest BCUT2D eigenvalue weighted by molar-refractivity contribution is -0.263. The third-order valence-corrected chi connectivity index (χ3v) is 17.5. The Morgan fingerprint density at radius 2 is 0.581 bits per heavy atom. The molecule has 424 valence electrons. The van der Waals surface area contributed by atoms with Crippen molar-refractivity contribution in [3.05, 3.63) is 0 Å². The minimum absolute atomic E-state index is 0.197. The molecule has 4 heterocycles. The van der Waals surface area contributed by atoms with Crippen LogP contribution in [0.15, 0.2) is 0 Å². The fourth-order valence-corrected chi connectivity index (χ4v) is 15.8. The van der Waals surface area contributed by atoms with Gasteiger partial charge in [-0.25, -0.2) is 0 Å². The third kappa shape index (κ3) is 13.3. The average Bonchev–Trinajstić information content (AvgIpc) is 3.16. The summed E-state index contributed by atoms with van der Waals surface area (Å²) in [6.07, 6.45) is -0.0567. The van der Waals surface area contributed by atoms with Gasteiger partial charge in [-0.15, -0.1) is 0 Å². The predicted octanol–water partition coefficient (Wildman–Crippen LogP) is 9.33. The number of esters is 5. The van der Waals surface area contributed by atoms with Crippen LogP contribution in [-0.4, -0.2) is 135 Å². The van der Waals surface area contributed by atoms with Crippen molar-refractivity contribution < 1.29 is 63.3 Å². The SMILES string of the molecule is CC1(C)CC(OC(=O)C2CC(C(=O)OC3CC(C)(C)N(O)C(C)(C)C3)C(C(=O)OC3CC(C)(C)N(O)C(C)(C)C3)C(C(=O)OC3CC(C)(C)NC(C)(C)C3)C2C(=O)OC2CC(C)(C)N(O)C(C)(C)C2)CC(C)(C)C1. The zero-order chi connectivity index (χ0) is 56.1. The number of carbonyl (C=O) groups is 5. The summed E-state index contributed by atoms with van der Waals surface area (Å²) in [5.41, 5.74) is -6.50. The summed E-state index contributed by atoms with van der Waals surface area (Å²) in [6.45, 7) is 38.6. The Kier molecular flexibility index (Phi) is 16.4. The molecule has 0 spiro atoms. The molecule has 0 radical (unpaired) electrons. The summed E-state index contributed by atoms with van der Waals surface area (Å²) in [6, 6.07) is 0. The summed E-state index contributed by atoms with van der Waals surface area (Å²) in [7, 11) is 0. The number of nitrogens with one attached hydrogen (secondary N) is 1. The van der Waals surface area contributed by atoms with E-state index in [9.17, 15) is 15.6 Å². The fraction of sp³-hybridized carbons (Fsp3) is 0.912. The van der Waals surface area contributed by atoms with Gasteiger partial charge in [0.2, 0.25) is 0 Å². The zero-order valence-corrected chi connectivity index (χ0v) is 49.0. The van der Waals surface area contributed by atoms with Crippen LogP contribution in [0, 0.1) is 40.4 Å². The maximum atomic E-state index is 15.8. The molecule has 5 atom stereocenters. The van der Waals surface area contributed by atoms with Gasteiger partial charge in [-0.05, 0) is 147 Å². The largest absolute Gasteiger partial charge is 0.462 e. The molecule has 2 aliphatic carbocycles. The predicted molar refractivity (Wildman–Crippen MR) is 276 cm³/mol. The van der Waals surface area contributed by atoms with Gasteiger partial charge in [-0.2, -0.15) is 15.2 Å². The van der Waals surface area contributed by atoms with Gasteiger partial charge in [0.25, 0.3) is 0 Å². The van der Waals surface area contributed by atoms with E-state index in [-0.39, 0.29) is 49.4 Å². The summed E-state index contributed by atoms with van der Waals surface area (Å²) in [5.74, 6) is -12.7. The molecule has 6 aliphatic rings. The van der Waals surface area contributed by atoms with Crippen molar-refractivity contribution in [2.75, 3.05) is 0 Å². The van der Waals surface area contributed by atoms with Crippen LogP contribution < -0.4 is 5.32 Å². The van der Waals surface area contributed by atoms with Crippen LogP contribution >= 0.6 is 0 Å². The van der Waals surface area contributed by atoms with Crippen molar-refractivity contribution in [1.29, 1.82) is 0 Å². The van der Waals surface area contributed by atoms with Crippen LogP contribution in [0.5, 0.6) is 0 Å². The first-order valence-electron chi connectivity index (χ1n) is 27.6. The molecular weight excluding hydrogens is 949 g/mol. The van der Waals surface area contributed by atoms with Crippen molar-refractivity contribution in [2.45, 2.75) is 290 Å². The maximum Gasteiger partial charge on any atom is 0.311 e. The van der Waals surface area contributed by atoms with Crippen LogP contribution in [0.4, 0.5) is 0 Å². The summed E-state index contributed by atoms with van der Waals surface area (Å²) in [4.78, 5) is 78.1. The molecule has 0 bridgehead atoms. The molecule has 74 heavy (non-hydrogen) atoms. The molecular formula is C57H98N4O13. The third-order valence-electron chi connectivity index (χ3n) is 17.5. The second-order valence-corrected chi connectivity index (χ2v) is 30.6. The lowest BCUT2D eigenvalue weighted by atomic mass is 9.61. The highest BCUT2D eigenvalue weighted by molar-refractivity contribution is 5.94. The van der Waals surface area contributed by atoms with E-state index in [0.29, 0.717) is 25.7 Å². The smallest absolute Gasteiger partial charge is 0.311 e. The van der Waals surface area contributed by atoms with Crippen LogP contribution in [0.1, 0.15) is 216 Å². The number of carbonyl (C=O) groups excluding carboxylic acids is 5. The first-order valence-corrected chi connectivity index (χ1v) is 27.6. The summed E-state index contributed by atoms with van der Waals surface area (Å²) < 4.78 is 32.6. The van der Waals surface area contributed by atoms with Gasteiger partial charge in [0.05, 0.1) is 29.6 Å². The van der Waals surface area contributed by atoms with Gasteiger partial charge in [0.15, 0.2) is 0 Å². The van der Waals surface area contributed by atoms with E-state index >= 15 is 24.0 Å².